The lowest BCUT2D eigenvalue weighted by atomic mass is 10.3. The van der Waals surface area contributed by atoms with Crippen molar-refractivity contribution in [1.82, 2.24) is 4.72 Å². The predicted molar refractivity (Wildman–Crippen MR) is 73.7 cm³/mol. The van der Waals surface area contributed by atoms with E-state index in [1.807, 2.05) is 0 Å². The zero-order valence-corrected chi connectivity index (χ0v) is 11.9. The molecule has 1 heterocycles. The standard InChI is InChI=1S/C11H12ClNO3S2/c1-7(14)5-13-18(15,16)11-6-17-10-3-2-8(12)4-9(10)11/h2-4,6-7,13-14H,5H2,1H3. The van der Waals surface area contributed by atoms with Gasteiger partial charge in [-0.05, 0) is 25.1 Å². The van der Waals surface area contributed by atoms with Crippen LogP contribution in [0.2, 0.25) is 5.02 Å². The molecule has 1 unspecified atom stereocenters. The first kappa shape index (κ1) is 13.8. The number of halogens is 1. The third-order valence-electron chi connectivity index (χ3n) is 2.36. The minimum Gasteiger partial charge on any atom is -0.392 e. The lowest BCUT2D eigenvalue weighted by molar-refractivity contribution is 0.198. The van der Waals surface area contributed by atoms with E-state index in [1.165, 1.54) is 18.3 Å². The molecule has 0 spiro atoms. The van der Waals surface area contributed by atoms with Crippen molar-refractivity contribution in [3.63, 3.8) is 0 Å². The second-order valence-corrected chi connectivity index (χ2v) is 7.02. The number of aliphatic hydroxyl groups excluding tert-OH is 1. The van der Waals surface area contributed by atoms with Gasteiger partial charge in [-0.15, -0.1) is 11.3 Å². The van der Waals surface area contributed by atoms with Gasteiger partial charge in [-0.3, -0.25) is 0 Å². The van der Waals surface area contributed by atoms with Crippen molar-refractivity contribution < 1.29 is 13.5 Å². The number of benzene rings is 1. The van der Waals surface area contributed by atoms with E-state index in [4.69, 9.17) is 16.7 Å². The van der Waals surface area contributed by atoms with E-state index in [9.17, 15) is 8.42 Å². The van der Waals surface area contributed by atoms with Crippen LogP contribution in [0, 0.1) is 0 Å². The predicted octanol–water partition coefficient (Wildman–Crippen LogP) is 2.21. The van der Waals surface area contributed by atoms with Crippen LogP contribution in [0.3, 0.4) is 0 Å². The van der Waals surface area contributed by atoms with Gasteiger partial charge >= 0.3 is 0 Å². The van der Waals surface area contributed by atoms with Crippen molar-refractivity contribution in [3.8, 4) is 0 Å². The Morgan fingerprint density at radius 1 is 1.50 bits per heavy atom. The van der Waals surface area contributed by atoms with Gasteiger partial charge in [0.2, 0.25) is 10.0 Å². The van der Waals surface area contributed by atoms with E-state index < -0.39 is 16.1 Å². The van der Waals surface area contributed by atoms with Crippen molar-refractivity contribution in [1.29, 1.82) is 0 Å². The number of aliphatic hydroxyl groups is 1. The van der Waals surface area contributed by atoms with Crippen LogP contribution in [0.4, 0.5) is 0 Å². The number of fused-ring (bicyclic) bond motifs is 1. The Bertz CT molecular complexity index is 664. The second-order valence-electron chi connectivity index (χ2n) is 3.94. The molecular formula is C11H12ClNO3S2. The third-order valence-corrected chi connectivity index (χ3v) is 5.17. The minimum atomic E-state index is -3.61. The molecule has 0 amide bonds. The van der Waals surface area contributed by atoms with Gasteiger partial charge in [-0.1, -0.05) is 11.6 Å². The Kier molecular flexibility index (Phi) is 3.93. The highest BCUT2D eigenvalue weighted by Crippen LogP contribution is 2.31. The first-order valence-corrected chi connectivity index (χ1v) is 7.99. The van der Waals surface area contributed by atoms with Crippen molar-refractivity contribution in [2.24, 2.45) is 0 Å². The maximum Gasteiger partial charge on any atom is 0.242 e. The first-order chi connectivity index (χ1) is 8.40. The SMILES string of the molecule is CC(O)CNS(=O)(=O)c1csc2ccc(Cl)cc12. The lowest BCUT2D eigenvalue weighted by Gasteiger charge is -2.07. The zero-order valence-electron chi connectivity index (χ0n) is 9.55. The summed E-state index contributed by atoms with van der Waals surface area (Å²) in [4.78, 5) is 0.200. The van der Waals surface area contributed by atoms with Crippen LogP contribution in [0.5, 0.6) is 0 Å². The molecule has 0 aliphatic carbocycles. The van der Waals surface area contributed by atoms with Gasteiger partial charge in [0.1, 0.15) is 4.90 Å². The Morgan fingerprint density at radius 2 is 2.22 bits per heavy atom. The molecule has 7 heteroatoms. The van der Waals surface area contributed by atoms with Crippen LogP contribution in [-0.4, -0.2) is 26.2 Å². The molecule has 4 nitrogen and oxygen atoms in total. The summed E-state index contributed by atoms with van der Waals surface area (Å²) in [5.74, 6) is 0. The van der Waals surface area contributed by atoms with Crippen LogP contribution in [0.25, 0.3) is 10.1 Å². The number of hydrogen-bond acceptors (Lipinski definition) is 4. The van der Waals surface area contributed by atoms with Gasteiger partial charge in [0.15, 0.2) is 0 Å². The highest BCUT2D eigenvalue weighted by molar-refractivity contribution is 7.90. The van der Waals surface area contributed by atoms with Crippen LogP contribution in [0.15, 0.2) is 28.5 Å². The topological polar surface area (TPSA) is 66.4 Å². The van der Waals surface area contributed by atoms with E-state index >= 15 is 0 Å². The molecule has 0 radical (unpaired) electrons. The molecule has 2 N–H and O–H groups in total. The Labute approximate surface area is 114 Å². The Hall–Kier alpha value is -0.660. The molecule has 2 aromatic rings. The highest BCUT2D eigenvalue weighted by atomic mass is 35.5. The van der Waals surface area contributed by atoms with Gasteiger partial charge in [0, 0.05) is 27.0 Å². The molecule has 1 atom stereocenters. The summed E-state index contributed by atoms with van der Waals surface area (Å²) in [5.41, 5.74) is 0. The summed E-state index contributed by atoms with van der Waals surface area (Å²) < 4.78 is 27.3. The molecule has 0 saturated heterocycles. The number of hydrogen-bond donors (Lipinski definition) is 2. The third kappa shape index (κ3) is 2.84. The monoisotopic (exact) mass is 305 g/mol. The highest BCUT2D eigenvalue weighted by Gasteiger charge is 2.19. The minimum absolute atomic E-state index is 0.0137. The maximum atomic E-state index is 12.1. The molecule has 0 aliphatic heterocycles. The first-order valence-electron chi connectivity index (χ1n) is 5.24. The van der Waals surface area contributed by atoms with Gasteiger partial charge in [0.05, 0.1) is 6.10 Å². The molecule has 0 aliphatic rings. The van der Waals surface area contributed by atoms with E-state index in [2.05, 4.69) is 4.72 Å². The summed E-state index contributed by atoms with van der Waals surface area (Å²) in [7, 11) is -3.61. The molecule has 0 saturated carbocycles. The zero-order chi connectivity index (χ0) is 13.3. The fourth-order valence-electron chi connectivity index (χ4n) is 1.49. The second kappa shape index (κ2) is 5.14. The summed E-state index contributed by atoms with van der Waals surface area (Å²) in [6.45, 7) is 1.51. The fraction of sp³-hybridized carbons (Fsp3) is 0.273. The van der Waals surface area contributed by atoms with Gasteiger partial charge in [0.25, 0.3) is 0 Å². The number of rotatable bonds is 4. The van der Waals surface area contributed by atoms with E-state index in [-0.39, 0.29) is 11.4 Å². The van der Waals surface area contributed by atoms with Crippen molar-refractivity contribution >= 4 is 43.0 Å². The van der Waals surface area contributed by atoms with E-state index in [0.717, 1.165) is 4.70 Å². The van der Waals surface area contributed by atoms with Gasteiger partial charge in [-0.2, -0.15) is 0 Å². The van der Waals surface area contributed by atoms with Crippen LogP contribution < -0.4 is 4.72 Å². The van der Waals surface area contributed by atoms with Crippen molar-refractivity contribution in [2.75, 3.05) is 6.54 Å². The average Bonchev–Trinajstić information content (AvgIpc) is 2.70. The Morgan fingerprint density at radius 3 is 2.89 bits per heavy atom. The van der Waals surface area contributed by atoms with Crippen LogP contribution in [0.1, 0.15) is 6.92 Å². The molecule has 0 fully saturated rings. The Balaban J connectivity index is 2.44. The number of sulfonamides is 1. The lowest BCUT2D eigenvalue weighted by Crippen LogP contribution is -2.30. The van der Waals surface area contributed by atoms with E-state index in [0.29, 0.717) is 10.4 Å². The summed E-state index contributed by atoms with van der Waals surface area (Å²) >= 11 is 7.22. The molecule has 2 rings (SSSR count). The van der Waals surface area contributed by atoms with Crippen molar-refractivity contribution in [2.45, 2.75) is 17.9 Å². The molecular weight excluding hydrogens is 294 g/mol. The fourth-order valence-corrected chi connectivity index (χ4v) is 4.26. The summed E-state index contributed by atoms with van der Waals surface area (Å²) in [6, 6.07) is 5.14. The molecule has 1 aromatic carbocycles. The van der Waals surface area contributed by atoms with Gasteiger partial charge in [-0.25, -0.2) is 13.1 Å². The number of thiophene rings is 1. The quantitative estimate of drug-likeness (QED) is 0.910. The summed E-state index contributed by atoms with van der Waals surface area (Å²) in [6.07, 6.45) is -0.728. The van der Waals surface area contributed by atoms with Crippen molar-refractivity contribution in [3.05, 3.63) is 28.6 Å². The van der Waals surface area contributed by atoms with E-state index in [1.54, 1.807) is 23.6 Å². The normalized spacial score (nSPS) is 13.9. The molecule has 0 bridgehead atoms. The maximum absolute atomic E-state index is 12.1. The smallest absolute Gasteiger partial charge is 0.242 e. The van der Waals surface area contributed by atoms with Gasteiger partial charge < -0.3 is 5.11 Å². The molecule has 1 aromatic heterocycles. The van der Waals surface area contributed by atoms with Crippen LogP contribution in [-0.2, 0) is 10.0 Å². The number of nitrogens with one attached hydrogen (secondary N) is 1. The largest absolute Gasteiger partial charge is 0.392 e. The summed E-state index contributed by atoms with van der Waals surface area (Å²) in [5, 5.41) is 11.8. The van der Waals surface area contributed by atoms with Crippen LogP contribution >= 0.6 is 22.9 Å². The molecule has 18 heavy (non-hydrogen) atoms. The average molecular weight is 306 g/mol. The molecule has 98 valence electrons.